The van der Waals surface area contributed by atoms with Gasteiger partial charge >= 0.3 is 13.8 Å². The maximum absolute atomic E-state index is 14.3. The predicted molar refractivity (Wildman–Crippen MR) is 114 cm³/mol. The molecule has 0 saturated heterocycles. The molecule has 0 aromatic heterocycles. The average Bonchev–Trinajstić information content (AvgIpc) is 2.82. The molecule has 7 nitrogen and oxygen atoms in total. The second-order valence-corrected chi connectivity index (χ2v) is 9.41. The highest BCUT2D eigenvalue weighted by atomic mass is 31.2. The summed E-state index contributed by atoms with van der Waals surface area (Å²) in [4.78, 5) is 9.91. The Morgan fingerprint density at radius 3 is 2.00 bits per heavy atom. The Bertz CT molecular complexity index is 1280. The predicted octanol–water partition coefficient (Wildman–Crippen LogP) is 6.66. The fraction of sp³-hybridized carbons (Fsp3) is 0.182. The summed E-state index contributed by atoms with van der Waals surface area (Å²) in [7, 11) is -2.63. The molecular formula is C22H17F5NO6P. The summed E-state index contributed by atoms with van der Waals surface area (Å²) in [5, 5.41) is 8.68. The molecule has 3 rings (SSSR count). The highest BCUT2D eigenvalue weighted by molar-refractivity contribution is 7.55. The van der Waals surface area contributed by atoms with E-state index in [-0.39, 0.29) is 11.1 Å². The number of hydrogen-bond donors (Lipinski definition) is 0. The fourth-order valence-electron chi connectivity index (χ4n) is 3.50. The minimum Gasteiger partial charge on any atom is -0.465 e. The number of hydrogen-bond acceptors (Lipinski definition) is 6. The zero-order valence-corrected chi connectivity index (χ0v) is 19.0. The fourth-order valence-corrected chi connectivity index (χ4v) is 5.30. The van der Waals surface area contributed by atoms with Crippen molar-refractivity contribution in [1.82, 2.24) is 0 Å². The number of nitro benzene ring substituents is 1. The van der Waals surface area contributed by atoms with E-state index in [2.05, 4.69) is 0 Å². The first-order valence-electron chi connectivity index (χ1n) is 9.66. The van der Waals surface area contributed by atoms with Gasteiger partial charge in [0.2, 0.25) is 0 Å². The molecule has 0 saturated carbocycles. The molecule has 0 N–H and O–H groups in total. The summed E-state index contributed by atoms with van der Waals surface area (Å²) in [5.74, 6) is -2.16. The van der Waals surface area contributed by atoms with Gasteiger partial charge in [0.25, 0.3) is 11.0 Å². The van der Waals surface area contributed by atoms with Gasteiger partial charge in [0, 0.05) is 31.4 Å². The van der Waals surface area contributed by atoms with E-state index in [9.17, 15) is 36.6 Å². The molecule has 0 heterocycles. The van der Waals surface area contributed by atoms with Gasteiger partial charge < -0.3 is 13.8 Å². The lowest BCUT2D eigenvalue weighted by Gasteiger charge is -2.39. The van der Waals surface area contributed by atoms with Crippen LogP contribution in [0.25, 0.3) is 0 Å². The van der Waals surface area contributed by atoms with Crippen LogP contribution >= 0.6 is 7.60 Å². The maximum atomic E-state index is 14.3. The Morgan fingerprint density at radius 1 is 0.857 bits per heavy atom. The quantitative estimate of drug-likeness (QED) is 0.144. The number of halogens is 5. The third-order valence-electron chi connectivity index (χ3n) is 5.05. The van der Waals surface area contributed by atoms with Crippen LogP contribution in [0.4, 0.5) is 27.6 Å². The topological polar surface area (TPSA) is 87.9 Å². The van der Waals surface area contributed by atoms with Gasteiger partial charge in [0.05, 0.1) is 4.92 Å². The number of alkyl halides is 3. The highest BCUT2D eigenvalue weighted by Crippen LogP contribution is 2.67. The number of benzene rings is 3. The molecule has 0 radical (unpaired) electrons. The van der Waals surface area contributed by atoms with Crippen molar-refractivity contribution in [3.8, 4) is 5.75 Å². The zero-order valence-electron chi connectivity index (χ0n) is 18.1. The third-order valence-corrected chi connectivity index (χ3v) is 7.39. The number of rotatable bonds is 8. The monoisotopic (exact) mass is 517 g/mol. The van der Waals surface area contributed by atoms with Crippen molar-refractivity contribution in [2.45, 2.75) is 11.5 Å². The molecule has 3 aromatic carbocycles. The van der Waals surface area contributed by atoms with Gasteiger partial charge in [-0.05, 0) is 36.4 Å². The molecule has 1 atom stereocenters. The molecule has 0 bridgehead atoms. The average molecular weight is 517 g/mol. The lowest BCUT2D eigenvalue weighted by Crippen LogP contribution is -2.36. The molecule has 186 valence electrons. The van der Waals surface area contributed by atoms with Crippen LogP contribution in [-0.4, -0.2) is 19.1 Å². The molecule has 0 aliphatic rings. The molecule has 3 aromatic rings. The second-order valence-electron chi connectivity index (χ2n) is 7.06. The third kappa shape index (κ3) is 4.90. The van der Waals surface area contributed by atoms with Crippen LogP contribution < -0.4 is 4.74 Å². The second kappa shape index (κ2) is 9.73. The van der Waals surface area contributed by atoms with Crippen molar-refractivity contribution in [1.29, 1.82) is 0 Å². The number of nitro groups is 1. The van der Waals surface area contributed by atoms with Crippen LogP contribution in [0.5, 0.6) is 5.75 Å². The Labute approximate surface area is 195 Å². The summed E-state index contributed by atoms with van der Waals surface area (Å²) in [5.41, 5.74) is -3.21. The number of ether oxygens (including phenoxy) is 1. The summed E-state index contributed by atoms with van der Waals surface area (Å²) >= 11 is 0. The summed E-state index contributed by atoms with van der Waals surface area (Å²) < 4.78 is 98.7. The lowest BCUT2D eigenvalue weighted by atomic mass is 10.00. The van der Waals surface area contributed by atoms with Crippen molar-refractivity contribution in [3.63, 3.8) is 0 Å². The lowest BCUT2D eigenvalue weighted by molar-refractivity contribution is -0.388. The van der Waals surface area contributed by atoms with Crippen molar-refractivity contribution in [2.24, 2.45) is 0 Å². The van der Waals surface area contributed by atoms with Crippen molar-refractivity contribution < 1.29 is 45.2 Å². The van der Waals surface area contributed by atoms with Crippen LogP contribution in [0.3, 0.4) is 0 Å². The molecule has 13 heteroatoms. The summed E-state index contributed by atoms with van der Waals surface area (Å²) in [6.45, 7) is 0. The first-order valence-corrected chi connectivity index (χ1v) is 11.2. The van der Waals surface area contributed by atoms with E-state index >= 15 is 0 Å². The molecule has 0 fully saturated rings. The highest BCUT2D eigenvalue weighted by Gasteiger charge is 2.56. The zero-order chi connectivity index (χ0) is 26.0. The molecule has 0 aliphatic heterocycles. The van der Waals surface area contributed by atoms with E-state index in [0.29, 0.717) is 12.1 Å². The van der Waals surface area contributed by atoms with E-state index in [4.69, 9.17) is 13.8 Å². The summed E-state index contributed by atoms with van der Waals surface area (Å²) in [6, 6.07) is 10.3. The Hall–Kier alpha value is -3.34. The van der Waals surface area contributed by atoms with Crippen molar-refractivity contribution in [3.05, 3.63) is 105 Å². The van der Waals surface area contributed by atoms with E-state index < -0.39 is 52.7 Å². The molecule has 35 heavy (non-hydrogen) atoms. The normalized spacial score (nSPS) is 13.8. The first kappa shape index (κ1) is 26.3. The minimum absolute atomic E-state index is 0.122. The molecule has 0 aliphatic carbocycles. The van der Waals surface area contributed by atoms with Gasteiger partial charge in [-0.1, -0.05) is 24.3 Å². The van der Waals surface area contributed by atoms with E-state index in [1.807, 2.05) is 0 Å². The van der Waals surface area contributed by atoms with Crippen LogP contribution in [-0.2, 0) is 25.1 Å². The van der Waals surface area contributed by atoms with Crippen molar-refractivity contribution >= 4 is 13.3 Å². The van der Waals surface area contributed by atoms with Crippen LogP contribution in [0.15, 0.2) is 66.7 Å². The van der Waals surface area contributed by atoms with Gasteiger partial charge in [-0.15, -0.1) is 0 Å². The van der Waals surface area contributed by atoms with Gasteiger partial charge in [-0.2, -0.15) is 13.2 Å². The van der Waals surface area contributed by atoms with Crippen LogP contribution in [0.2, 0.25) is 0 Å². The summed E-state index contributed by atoms with van der Waals surface area (Å²) in [6.07, 6.45) is -5.15. The molecule has 0 amide bonds. The number of nitrogens with zero attached hydrogens (tertiary/aromatic N) is 1. The van der Waals surface area contributed by atoms with Crippen LogP contribution in [0, 0.1) is 21.7 Å². The van der Waals surface area contributed by atoms with Crippen molar-refractivity contribution in [2.75, 3.05) is 14.2 Å². The van der Waals surface area contributed by atoms with E-state index in [1.165, 1.54) is 12.1 Å². The van der Waals surface area contributed by atoms with E-state index in [0.717, 1.165) is 56.7 Å². The largest absolute Gasteiger partial charge is 0.465 e. The first-order chi connectivity index (χ1) is 16.4. The Balaban J connectivity index is 2.39. The van der Waals surface area contributed by atoms with Gasteiger partial charge in [-0.3, -0.25) is 14.7 Å². The molecule has 0 spiro atoms. The molecular weight excluding hydrogens is 500 g/mol. The van der Waals surface area contributed by atoms with Gasteiger partial charge in [0.1, 0.15) is 22.9 Å². The van der Waals surface area contributed by atoms with Gasteiger partial charge in [0.15, 0.2) is 0 Å². The Kier molecular flexibility index (Phi) is 7.30. The SMILES string of the molecule is COP(=O)(OC)C(Oc1ccc([N+](=O)[O-])c(C(F)(F)F)c1)(c1ccc(F)cc1)c1cccc(F)c1. The molecule has 1 unspecified atom stereocenters. The van der Waals surface area contributed by atoms with Crippen LogP contribution in [0.1, 0.15) is 16.7 Å². The minimum atomic E-state index is -5.15. The maximum Gasteiger partial charge on any atom is 0.423 e. The Morgan fingerprint density at radius 2 is 1.49 bits per heavy atom. The van der Waals surface area contributed by atoms with E-state index in [1.54, 1.807) is 0 Å². The standard InChI is InChI=1S/C22H17F5NO6P/c1-32-35(31,33-2)21(14-6-8-16(23)9-7-14,15-4-3-5-17(24)12-15)34-18-10-11-20(28(29)30)19(13-18)22(25,26)27/h3-13H,1-2H3. The van der Waals surface area contributed by atoms with Gasteiger partial charge in [-0.25, -0.2) is 8.78 Å². The smallest absolute Gasteiger partial charge is 0.423 e.